The Balaban J connectivity index is 1.95. The van der Waals surface area contributed by atoms with Gasteiger partial charge in [-0.1, -0.05) is 13.8 Å². The molecular formula is C17H17N7. The smallest absolute Gasteiger partial charge is 0.129 e. The molecule has 24 heavy (non-hydrogen) atoms. The van der Waals surface area contributed by atoms with Crippen LogP contribution >= 0.6 is 0 Å². The zero-order valence-electron chi connectivity index (χ0n) is 13.5. The van der Waals surface area contributed by atoms with Crippen LogP contribution < -0.4 is 5.84 Å². The number of nitrogens with two attached hydrogens (primary N) is 1. The summed E-state index contributed by atoms with van der Waals surface area (Å²) in [4.78, 5) is 16.5. The number of hydrazone groups is 1. The van der Waals surface area contributed by atoms with Crippen LogP contribution in [0.15, 0.2) is 34.5 Å². The van der Waals surface area contributed by atoms with Gasteiger partial charge in [0.2, 0.25) is 0 Å². The maximum absolute atomic E-state index is 9.07. The molecule has 120 valence electrons. The maximum Gasteiger partial charge on any atom is 0.129 e. The highest BCUT2D eigenvalue weighted by molar-refractivity contribution is 6.31. The Labute approximate surface area is 138 Å². The van der Waals surface area contributed by atoms with Crippen molar-refractivity contribution >= 4 is 33.9 Å². The first kappa shape index (κ1) is 15.6. The number of H-pyrrole nitrogens is 1. The molecule has 0 aliphatic carbocycles. The third kappa shape index (κ3) is 2.94. The van der Waals surface area contributed by atoms with Crippen LogP contribution in [0.3, 0.4) is 0 Å². The first-order chi connectivity index (χ1) is 11.6. The van der Waals surface area contributed by atoms with E-state index in [0.717, 1.165) is 33.5 Å². The fourth-order valence-corrected chi connectivity index (χ4v) is 2.41. The van der Waals surface area contributed by atoms with Crippen LogP contribution in [0.1, 0.15) is 25.2 Å². The number of fused-ring (bicyclic) bond motifs is 3. The lowest BCUT2D eigenvalue weighted by molar-refractivity contribution is 0.885. The molecule has 0 saturated heterocycles. The number of aromatic nitrogens is 3. The van der Waals surface area contributed by atoms with E-state index in [-0.39, 0.29) is 5.92 Å². The van der Waals surface area contributed by atoms with Crippen LogP contribution in [0.5, 0.6) is 0 Å². The minimum absolute atomic E-state index is 0.215. The SMILES string of the molecule is CC(C)C(C=NCc1nc2c(cnc3ccc(C#N)cc32)[nH]1)=NN. The van der Waals surface area contributed by atoms with E-state index in [1.807, 2.05) is 19.9 Å². The molecule has 0 spiro atoms. The lowest BCUT2D eigenvalue weighted by Gasteiger charge is -2.01. The van der Waals surface area contributed by atoms with E-state index >= 15 is 0 Å². The second kappa shape index (κ2) is 6.46. The summed E-state index contributed by atoms with van der Waals surface area (Å²) in [5.41, 5.74) is 3.73. The van der Waals surface area contributed by atoms with E-state index in [2.05, 4.69) is 31.1 Å². The van der Waals surface area contributed by atoms with E-state index in [1.54, 1.807) is 24.5 Å². The number of benzene rings is 1. The molecule has 0 saturated carbocycles. The summed E-state index contributed by atoms with van der Waals surface area (Å²) in [6.07, 6.45) is 3.41. The van der Waals surface area contributed by atoms with Crippen molar-refractivity contribution in [3.8, 4) is 6.07 Å². The first-order valence-electron chi connectivity index (χ1n) is 7.57. The molecule has 0 atom stereocenters. The van der Waals surface area contributed by atoms with Crippen molar-refractivity contribution in [1.82, 2.24) is 15.0 Å². The van der Waals surface area contributed by atoms with Crippen LogP contribution in [-0.2, 0) is 6.54 Å². The molecule has 0 aliphatic rings. The summed E-state index contributed by atoms with van der Waals surface area (Å²) in [5.74, 6) is 6.28. The van der Waals surface area contributed by atoms with Crippen LogP contribution in [0.4, 0.5) is 0 Å². The first-order valence-corrected chi connectivity index (χ1v) is 7.57. The van der Waals surface area contributed by atoms with Gasteiger partial charge in [0, 0.05) is 11.6 Å². The highest BCUT2D eigenvalue weighted by Gasteiger charge is 2.08. The number of rotatable bonds is 4. The van der Waals surface area contributed by atoms with Crippen molar-refractivity contribution in [2.24, 2.45) is 21.9 Å². The lowest BCUT2D eigenvalue weighted by atomic mass is 10.1. The molecule has 0 bridgehead atoms. The number of imidazole rings is 1. The van der Waals surface area contributed by atoms with Crippen molar-refractivity contribution in [2.75, 3.05) is 0 Å². The van der Waals surface area contributed by atoms with Crippen molar-refractivity contribution in [1.29, 1.82) is 5.26 Å². The standard InChI is InChI=1S/C17H17N7/c1-10(2)14(24-19)7-20-9-16-22-15-8-21-13-4-3-11(6-18)5-12(13)17(15)23-16/h3-5,7-8,10H,9,19H2,1-2H3,(H,22,23). The topological polar surface area (TPSA) is 116 Å². The number of nitrogens with zero attached hydrogens (tertiary/aromatic N) is 5. The average Bonchev–Trinajstić information content (AvgIpc) is 3.01. The minimum Gasteiger partial charge on any atom is -0.339 e. The predicted molar refractivity (Wildman–Crippen MR) is 94.8 cm³/mol. The zero-order valence-corrected chi connectivity index (χ0v) is 13.5. The largest absolute Gasteiger partial charge is 0.339 e. The number of nitriles is 1. The number of nitrogens with one attached hydrogen (secondary N) is 1. The summed E-state index contributed by atoms with van der Waals surface area (Å²) < 4.78 is 0. The molecule has 0 unspecified atom stereocenters. The number of pyridine rings is 1. The maximum atomic E-state index is 9.07. The van der Waals surface area contributed by atoms with E-state index in [4.69, 9.17) is 11.1 Å². The number of aromatic amines is 1. The Morgan fingerprint density at radius 2 is 2.29 bits per heavy atom. The quantitative estimate of drug-likeness (QED) is 0.436. The normalized spacial score (nSPS) is 12.5. The molecule has 3 rings (SSSR count). The lowest BCUT2D eigenvalue weighted by Crippen LogP contribution is -2.11. The van der Waals surface area contributed by atoms with Crippen molar-refractivity contribution in [2.45, 2.75) is 20.4 Å². The van der Waals surface area contributed by atoms with Gasteiger partial charge < -0.3 is 10.8 Å². The zero-order chi connectivity index (χ0) is 17.1. The van der Waals surface area contributed by atoms with Gasteiger partial charge in [-0.25, -0.2) is 4.98 Å². The van der Waals surface area contributed by atoms with E-state index in [9.17, 15) is 0 Å². The summed E-state index contributed by atoms with van der Waals surface area (Å²) in [5, 5.41) is 13.6. The van der Waals surface area contributed by atoms with E-state index in [0.29, 0.717) is 12.1 Å². The van der Waals surface area contributed by atoms with Gasteiger partial charge in [0.25, 0.3) is 0 Å². The second-order valence-electron chi connectivity index (χ2n) is 5.73. The third-order valence-electron chi connectivity index (χ3n) is 3.70. The van der Waals surface area contributed by atoms with Crippen molar-refractivity contribution in [3.63, 3.8) is 0 Å². The monoisotopic (exact) mass is 319 g/mol. The van der Waals surface area contributed by atoms with Gasteiger partial charge in [0.1, 0.15) is 5.82 Å². The second-order valence-corrected chi connectivity index (χ2v) is 5.73. The molecule has 1 aromatic carbocycles. The minimum atomic E-state index is 0.215. The fourth-order valence-electron chi connectivity index (χ4n) is 2.41. The van der Waals surface area contributed by atoms with Crippen molar-refractivity contribution in [3.05, 3.63) is 35.8 Å². The van der Waals surface area contributed by atoms with Gasteiger partial charge in [-0.2, -0.15) is 10.4 Å². The van der Waals surface area contributed by atoms with E-state index < -0.39 is 0 Å². The van der Waals surface area contributed by atoms with Gasteiger partial charge >= 0.3 is 0 Å². The third-order valence-corrected chi connectivity index (χ3v) is 3.70. The molecule has 2 aromatic heterocycles. The molecule has 0 amide bonds. The average molecular weight is 319 g/mol. The Bertz CT molecular complexity index is 989. The Hall–Kier alpha value is -3.27. The summed E-state index contributed by atoms with van der Waals surface area (Å²) in [7, 11) is 0. The van der Waals surface area contributed by atoms with Gasteiger partial charge in [0.15, 0.2) is 0 Å². The van der Waals surface area contributed by atoms with Crippen LogP contribution in [0.2, 0.25) is 0 Å². The van der Waals surface area contributed by atoms with E-state index in [1.165, 1.54) is 0 Å². The van der Waals surface area contributed by atoms with Crippen LogP contribution in [-0.4, -0.2) is 26.9 Å². The van der Waals surface area contributed by atoms with Crippen molar-refractivity contribution < 1.29 is 0 Å². The molecule has 3 N–H and O–H groups in total. The number of hydrogen-bond donors (Lipinski definition) is 2. The fraction of sp³-hybridized carbons (Fsp3) is 0.235. The molecule has 3 aromatic rings. The molecule has 7 heteroatoms. The van der Waals surface area contributed by atoms with Gasteiger partial charge in [0.05, 0.1) is 46.6 Å². The Kier molecular flexibility index (Phi) is 4.20. The summed E-state index contributed by atoms with van der Waals surface area (Å²) in [6, 6.07) is 7.52. The number of aliphatic imine (C=N–C) groups is 1. The van der Waals surface area contributed by atoms with Crippen LogP contribution in [0.25, 0.3) is 21.9 Å². The van der Waals surface area contributed by atoms with Gasteiger partial charge in [-0.15, -0.1) is 0 Å². The predicted octanol–water partition coefficient (Wildman–Crippen LogP) is 2.52. The van der Waals surface area contributed by atoms with Crippen LogP contribution in [0, 0.1) is 17.2 Å². The Morgan fingerprint density at radius 3 is 3.00 bits per heavy atom. The molecule has 0 aliphatic heterocycles. The van der Waals surface area contributed by atoms with Gasteiger partial charge in [-0.3, -0.25) is 9.98 Å². The molecular weight excluding hydrogens is 302 g/mol. The van der Waals surface area contributed by atoms with Gasteiger partial charge in [-0.05, 0) is 24.1 Å². The molecule has 2 heterocycles. The number of hydrogen-bond acceptors (Lipinski definition) is 6. The molecule has 0 fully saturated rings. The Morgan fingerprint density at radius 1 is 1.46 bits per heavy atom. The highest BCUT2D eigenvalue weighted by atomic mass is 15.1. The molecule has 0 radical (unpaired) electrons. The highest BCUT2D eigenvalue weighted by Crippen LogP contribution is 2.22. The summed E-state index contributed by atoms with van der Waals surface area (Å²) in [6.45, 7) is 4.40. The summed E-state index contributed by atoms with van der Waals surface area (Å²) >= 11 is 0. The molecule has 7 nitrogen and oxygen atoms in total.